The van der Waals surface area contributed by atoms with Crippen LogP contribution in [0.2, 0.25) is 0 Å². The summed E-state index contributed by atoms with van der Waals surface area (Å²) in [7, 11) is 0. The van der Waals surface area contributed by atoms with Gasteiger partial charge in [-0.2, -0.15) is 0 Å². The van der Waals surface area contributed by atoms with Gasteiger partial charge in [-0.05, 0) is 17.7 Å². The fourth-order valence-corrected chi connectivity index (χ4v) is 1.69. The van der Waals surface area contributed by atoms with E-state index in [1.165, 1.54) is 12.1 Å². The number of rotatable bonds is 4. The van der Waals surface area contributed by atoms with Gasteiger partial charge in [0.25, 0.3) is 0 Å². The van der Waals surface area contributed by atoms with E-state index in [0.29, 0.717) is 0 Å². The van der Waals surface area contributed by atoms with E-state index in [4.69, 9.17) is 4.74 Å². The number of phenols is 3. The molecule has 21 heavy (non-hydrogen) atoms. The molecule has 2 aromatic rings. The summed E-state index contributed by atoms with van der Waals surface area (Å²) in [6.45, 7) is 0.104. The van der Waals surface area contributed by atoms with E-state index in [1.54, 1.807) is 0 Å². The number of ether oxygens (including phenoxy) is 1. The summed E-state index contributed by atoms with van der Waals surface area (Å²) in [5.41, 5.74) is 1.12. The molecule has 0 aromatic heterocycles. The zero-order chi connectivity index (χ0) is 15.2. The monoisotopic (exact) mass is 289 g/mol. The van der Waals surface area contributed by atoms with Gasteiger partial charge in [0.15, 0.2) is 11.5 Å². The number of carbonyl (C=O) groups excluding carboxylic acids is 1. The second kappa shape index (κ2) is 6.51. The number of phenolic OH excluding ortho intramolecular Hbond substituents is 3. The van der Waals surface area contributed by atoms with E-state index in [9.17, 15) is 20.1 Å². The lowest BCUT2D eigenvalue weighted by atomic mass is 10.1. The minimum atomic E-state index is -0.647. The number of benzene rings is 2. The minimum Gasteiger partial charge on any atom is -0.504 e. The Morgan fingerprint density at radius 2 is 1.71 bits per heavy atom. The molecule has 4 N–H and O–H groups in total. The van der Waals surface area contributed by atoms with Crippen LogP contribution in [0, 0.1) is 0 Å². The molecule has 2 aromatic carbocycles. The van der Waals surface area contributed by atoms with Crippen molar-refractivity contribution in [2.24, 2.45) is 0 Å². The summed E-state index contributed by atoms with van der Waals surface area (Å²) >= 11 is 0. The maximum absolute atomic E-state index is 11.5. The van der Waals surface area contributed by atoms with E-state index < -0.39 is 23.3 Å². The highest BCUT2D eigenvalue weighted by atomic mass is 16.5. The lowest BCUT2D eigenvalue weighted by Crippen LogP contribution is -2.23. The first kappa shape index (κ1) is 14.5. The maximum Gasteiger partial charge on any atom is 0.407 e. The molecule has 0 heterocycles. The summed E-state index contributed by atoms with van der Waals surface area (Å²) in [5.74, 6) is -1.52. The van der Waals surface area contributed by atoms with Gasteiger partial charge < -0.3 is 25.4 Å². The van der Waals surface area contributed by atoms with Gasteiger partial charge >= 0.3 is 6.09 Å². The molecule has 0 radical (unpaired) electrons. The van der Waals surface area contributed by atoms with E-state index in [0.717, 1.165) is 5.56 Å². The molecule has 0 saturated heterocycles. The van der Waals surface area contributed by atoms with Crippen molar-refractivity contribution in [1.82, 2.24) is 5.32 Å². The van der Waals surface area contributed by atoms with E-state index in [-0.39, 0.29) is 18.7 Å². The topological polar surface area (TPSA) is 99.0 Å². The van der Waals surface area contributed by atoms with Gasteiger partial charge in [-0.15, -0.1) is 0 Å². The molecule has 0 spiro atoms. The molecule has 0 aliphatic heterocycles. The molecule has 0 saturated carbocycles. The number of carbonyl (C=O) groups is 1. The van der Waals surface area contributed by atoms with Crippen LogP contribution in [0.1, 0.15) is 11.1 Å². The standard InChI is InChI=1S/C15H15NO5/c17-12-7-6-11(13(18)14(12)19)8-16-15(20)21-9-10-4-2-1-3-5-10/h1-7,17-19H,8-9H2,(H,16,20). The highest BCUT2D eigenvalue weighted by molar-refractivity contribution is 5.67. The molecule has 0 unspecified atom stereocenters. The van der Waals surface area contributed by atoms with Crippen molar-refractivity contribution in [3.8, 4) is 17.2 Å². The third kappa shape index (κ3) is 3.79. The first-order valence-corrected chi connectivity index (χ1v) is 6.25. The van der Waals surface area contributed by atoms with Crippen molar-refractivity contribution >= 4 is 6.09 Å². The smallest absolute Gasteiger partial charge is 0.407 e. The second-order valence-corrected chi connectivity index (χ2v) is 4.36. The summed E-state index contributed by atoms with van der Waals surface area (Å²) in [6.07, 6.45) is -0.647. The van der Waals surface area contributed by atoms with Crippen molar-refractivity contribution in [3.05, 3.63) is 53.6 Å². The zero-order valence-electron chi connectivity index (χ0n) is 11.1. The molecule has 6 nitrogen and oxygen atoms in total. The lowest BCUT2D eigenvalue weighted by molar-refractivity contribution is 0.139. The van der Waals surface area contributed by atoms with Crippen molar-refractivity contribution in [1.29, 1.82) is 0 Å². The van der Waals surface area contributed by atoms with Crippen LogP contribution in [0.4, 0.5) is 4.79 Å². The molecule has 0 aliphatic carbocycles. The molecule has 0 atom stereocenters. The SMILES string of the molecule is O=C(NCc1ccc(O)c(O)c1O)OCc1ccccc1. The molecule has 6 heteroatoms. The highest BCUT2D eigenvalue weighted by Crippen LogP contribution is 2.36. The molecular weight excluding hydrogens is 274 g/mol. The van der Waals surface area contributed by atoms with Crippen LogP contribution in [-0.4, -0.2) is 21.4 Å². The average molecular weight is 289 g/mol. The average Bonchev–Trinajstić information content (AvgIpc) is 2.51. The predicted octanol–water partition coefficient (Wildman–Crippen LogP) is 2.23. The second-order valence-electron chi connectivity index (χ2n) is 4.36. The third-order valence-electron chi connectivity index (χ3n) is 2.85. The number of nitrogens with one attached hydrogen (secondary N) is 1. The van der Waals surface area contributed by atoms with Crippen molar-refractivity contribution < 1.29 is 24.9 Å². The van der Waals surface area contributed by atoms with E-state index >= 15 is 0 Å². The van der Waals surface area contributed by atoms with Crippen LogP contribution in [0.15, 0.2) is 42.5 Å². The molecule has 2 rings (SSSR count). The summed E-state index contributed by atoms with van der Waals surface area (Å²) in [6, 6.07) is 11.8. The number of alkyl carbamates (subject to hydrolysis) is 1. The number of aromatic hydroxyl groups is 3. The molecular formula is C15H15NO5. The first-order valence-electron chi connectivity index (χ1n) is 6.25. The van der Waals surface area contributed by atoms with Gasteiger partial charge in [0.2, 0.25) is 5.75 Å². The van der Waals surface area contributed by atoms with Gasteiger partial charge in [0.05, 0.1) is 0 Å². The maximum atomic E-state index is 11.5. The Bertz CT molecular complexity index is 627. The van der Waals surface area contributed by atoms with Gasteiger partial charge in [0, 0.05) is 12.1 Å². The van der Waals surface area contributed by atoms with Crippen LogP contribution in [0.25, 0.3) is 0 Å². The van der Waals surface area contributed by atoms with Crippen molar-refractivity contribution in [2.75, 3.05) is 0 Å². The fraction of sp³-hybridized carbons (Fsp3) is 0.133. The quantitative estimate of drug-likeness (QED) is 0.647. The molecule has 0 aliphatic rings. The molecule has 1 amide bonds. The Morgan fingerprint density at radius 3 is 2.43 bits per heavy atom. The largest absolute Gasteiger partial charge is 0.504 e. The van der Waals surface area contributed by atoms with Crippen LogP contribution in [0.5, 0.6) is 17.2 Å². The fourth-order valence-electron chi connectivity index (χ4n) is 1.69. The van der Waals surface area contributed by atoms with Gasteiger partial charge in [-0.1, -0.05) is 30.3 Å². The van der Waals surface area contributed by atoms with Crippen LogP contribution < -0.4 is 5.32 Å². The first-order chi connectivity index (χ1) is 10.1. The zero-order valence-corrected chi connectivity index (χ0v) is 11.1. The van der Waals surface area contributed by atoms with Crippen LogP contribution >= 0.6 is 0 Å². The lowest BCUT2D eigenvalue weighted by Gasteiger charge is -2.09. The Labute approximate surface area is 121 Å². The Hall–Kier alpha value is -2.89. The Morgan fingerprint density at radius 1 is 1.00 bits per heavy atom. The number of amides is 1. The molecule has 110 valence electrons. The normalized spacial score (nSPS) is 10.1. The number of hydrogen-bond acceptors (Lipinski definition) is 5. The number of hydrogen-bond donors (Lipinski definition) is 4. The highest BCUT2D eigenvalue weighted by Gasteiger charge is 2.12. The van der Waals surface area contributed by atoms with Gasteiger partial charge in [0.1, 0.15) is 6.61 Å². The minimum absolute atomic E-state index is 0.0344. The predicted molar refractivity (Wildman–Crippen MR) is 74.9 cm³/mol. The molecule has 0 bridgehead atoms. The van der Waals surface area contributed by atoms with E-state index in [1.807, 2.05) is 30.3 Å². The van der Waals surface area contributed by atoms with Gasteiger partial charge in [-0.25, -0.2) is 4.79 Å². The van der Waals surface area contributed by atoms with Crippen LogP contribution in [0.3, 0.4) is 0 Å². The molecule has 0 fully saturated rings. The van der Waals surface area contributed by atoms with Crippen LogP contribution in [-0.2, 0) is 17.9 Å². The Balaban J connectivity index is 1.86. The van der Waals surface area contributed by atoms with E-state index in [2.05, 4.69) is 5.32 Å². The Kier molecular flexibility index (Phi) is 4.50. The summed E-state index contributed by atoms with van der Waals surface area (Å²) < 4.78 is 5.00. The van der Waals surface area contributed by atoms with Crippen molar-refractivity contribution in [2.45, 2.75) is 13.2 Å². The van der Waals surface area contributed by atoms with Gasteiger partial charge in [-0.3, -0.25) is 0 Å². The summed E-state index contributed by atoms with van der Waals surface area (Å²) in [4.78, 5) is 11.5. The third-order valence-corrected chi connectivity index (χ3v) is 2.85. The summed E-state index contributed by atoms with van der Waals surface area (Å²) in [5, 5.41) is 30.6. The van der Waals surface area contributed by atoms with Crippen molar-refractivity contribution in [3.63, 3.8) is 0 Å².